The molecule has 2 aromatic rings. The minimum atomic E-state index is -0.806. The van der Waals surface area contributed by atoms with Crippen LogP contribution in [0.25, 0.3) is 0 Å². The molecule has 1 aromatic carbocycles. The van der Waals surface area contributed by atoms with Gasteiger partial charge in [0.2, 0.25) is 0 Å². The lowest BCUT2D eigenvalue weighted by Gasteiger charge is -2.29. The highest BCUT2D eigenvalue weighted by Gasteiger charge is 2.27. The average Bonchev–Trinajstić information content (AvgIpc) is 3.09. The van der Waals surface area contributed by atoms with Crippen LogP contribution in [0.4, 0.5) is 0 Å². The molecular weight excluding hydrogens is 338 g/mol. The number of ether oxygens (including phenoxy) is 2. The summed E-state index contributed by atoms with van der Waals surface area (Å²) in [6.45, 7) is 5.34. The molecule has 0 radical (unpaired) electrons. The fraction of sp³-hybridized carbons (Fsp3) is 0.368. The van der Waals surface area contributed by atoms with E-state index in [0.717, 1.165) is 6.42 Å². The van der Waals surface area contributed by atoms with Crippen LogP contribution in [0.3, 0.4) is 0 Å². The van der Waals surface area contributed by atoms with E-state index in [0.29, 0.717) is 31.0 Å². The third-order valence-electron chi connectivity index (χ3n) is 4.15. The van der Waals surface area contributed by atoms with Crippen LogP contribution in [0.5, 0.6) is 5.75 Å². The van der Waals surface area contributed by atoms with Gasteiger partial charge in [0, 0.05) is 18.0 Å². The molecule has 1 aromatic heterocycles. The Bertz CT molecular complexity index is 753. The first kappa shape index (κ1) is 17.5. The van der Waals surface area contributed by atoms with E-state index in [-0.39, 0.29) is 5.91 Å². The van der Waals surface area contributed by atoms with E-state index in [4.69, 9.17) is 9.47 Å². The molecule has 5 nitrogen and oxygen atoms in total. The Kier molecular flexibility index (Phi) is 5.38. The molecule has 0 spiro atoms. The third kappa shape index (κ3) is 4.02. The maximum atomic E-state index is 12.6. The number of benzene rings is 1. The maximum Gasteiger partial charge on any atom is 0.338 e. The molecule has 0 fully saturated rings. The minimum absolute atomic E-state index is 0.156. The van der Waals surface area contributed by atoms with Crippen LogP contribution in [-0.4, -0.2) is 36.0 Å². The lowest BCUT2D eigenvalue weighted by molar-refractivity contribution is -0.140. The fourth-order valence-electron chi connectivity index (χ4n) is 2.83. The van der Waals surface area contributed by atoms with Crippen LogP contribution in [0, 0.1) is 0 Å². The van der Waals surface area contributed by atoms with E-state index in [1.165, 1.54) is 10.4 Å². The normalized spacial score (nSPS) is 14.6. The van der Waals surface area contributed by atoms with Gasteiger partial charge in [-0.15, -0.1) is 11.3 Å². The summed E-state index contributed by atoms with van der Waals surface area (Å²) < 4.78 is 10.7. The van der Waals surface area contributed by atoms with Gasteiger partial charge in [0.1, 0.15) is 5.75 Å². The molecule has 1 atom stereocenters. The van der Waals surface area contributed by atoms with Crippen molar-refractivity contribution in [2.24, 2.45) is 0 Å². The summed E-state index contributed by atoms with van der Waals surface area (Å²) >= 11 is 1.73. The first-order valence-corrected chi connectivity index (χ1v) is 9.24. The summed E-state index contributed by atoms with van der Waals surface area (Å²) in [5.41, 5.74) is 1.59. The lowest BCUT2D eigenvalue weighted by atomic mass is 10.1. The van der Waals surface area contributed by atoms with Gasteiger partial charge in [-0.3, -0.25) is 4.79 Å². The van der Waals surface area contributed by atoms with E-state index < -0.39 is 12.1 Å². The second-order valence-electron chi connectivity index (χ2n) is 5.88. The monoisotopic (exact) mass is 359 g/mol. The largest absolute Gasteiger partial charge is 0.494 e. The highest BCUT2D eigenvalue weighted by molar-refractivity contribution is 7.10. The quantitative estimate of drug-likeness (QED) is 0.769. The van der Waals surface area contributed by atoms with Crippen molar-refractivity contribution in [2.45, 2.75) is 32.9 Å². The number of hydrogen-bond acceptors (Lipinski definition) is 5. The molecule has 0 bridgehead atoms. The number of hydrogen-bond donors (Lipinski definition) is 0. The molecule has 1 unspecified atom stereocenters. The molecule has 6 heteroatoms. The molecule has 0 aliphatic carbocycles. The lowest BCUT2D eigenvalue weighted by Crippen LogP contribution is -2.42. The van der Waals surface area contributed by atoms with Gasteiger partial charge in [-0.1, -0.05) is 0 Å². The molecule has 3 rings (SSSR count). The van der Waals surface area contributed by atoms with Crippen LogP contribution in [0.1, 0.15) is 34.6 Å². The van der Waals surface area contributed by atoms with Gasteiger partial charge in [0.25, 0.3) is 5.91 Å². The van der Waals surface area contributed by atoms with Crippen molar-refractivity contribution in [3.63, 3.8) is 0 Å². The Morgan fingerprint density at radius 1 is 1.24 bits per heavy atom. The first-order valence-electron chi connectivity index (χ1n) is 8.36. The van der Waals surface area contributed by atoms with Crippen molar-refractivity contribution in [1.29, 1.82) is 0 Å². The topological polar surface area (TPSA) is 55.8 Å². The molecular formula is C19H21NO4S. The van der Waals surface area contributed by atoms with Crippen molar-refractivity contribution in [3.8, 4) is 5.75 Å². The molecule has 1 aliphatic heterocycles. The van der Waals surface area contributed by atoms with Gasteiger partial charge in [-0.2, -0.15) is 0 Å². The van der Waals surface area contributed by atoms with Crippen molar-refractivity contribution in [3.05, 3.63) is 51.7 Å². The number of carbonyl (C=O) groups excluding carboxylic acids is 2. The Morgan fingerprint density at radius 2 is 2.00 bits per heavy atom. The van der Waals surface area contributed by atoms with Gasteiger partial charge < -0.3 is 14.4 Å². The zero-order valence-electron chi connectivity index (χ0n) is 14.4. The summed E-state index contributed by atoms with van der Waals surface area (Å²) in [5, 5.41) is 2.05. The SMILES string of the molecule is CCOc1ccc(C(=O)OC(C)C(=O)N2CCc3sccc3C2)cc1. The van der Waals surface area contributed by atoms with Crippen LogP contribution in [0.2, 0.25) is 0 Å². The fourth-order valence-corrected chi connectivity index (χ4v) is 3.72. The zero-order chi connectivity index (χ0) is 17.8. The van der Waals surface area contributed by atoms with E-state index in [1.54, 1.807) is 47.4 Å². The molecule has 132 valence electrons. The van der Waals surface area contributed by atoms with Gasteiger partial charge in [0.15, 0.2) is 6.10 Å². The van der Waals surface area contributed by atoms with E-state index >= 15 is 0 Å². The Labute approximate surface area is 151 Å². The Hall–Kier alpha value is -2.34. The highest BCUT2D eigenvalue weighted by atomic mass is 32.1. The van der Waals surface area contributed by atoms with Crippen LogP contribution >= 0.6 is 11.3 Å². The second-order valence-corrected chi connectivity index (χ2v) is 6.88. The summed E-state index contributed by atoms with van der Waals surface area (Å²) in [7, 11) is 0. The smallest absolute Gasteiger partial charge is 0.338 e. The van der Waals surface area contributed by atoms with Crippen LogP contribution in [-0.2, 0) is 22.5 Å². The van der Waals surface area contributed by atoms with E-state index in [9.17, 15) is 9.59 Å². The number of thiophene rings is 1. The molecule has 1 aliphatic rings. The molecule has 25 heavy (non-hydrogen) atoms. The number of esters is 1. The van der Waals surface area contributed by atoms with Crippen molar-refractivity contribution >= 4 is 23.2 Å². The number of nitrogens with zero attached hydrogens (tertiary/aromatic N) is 1. The van der Waals surface area contributed by atoms with Crippen LogP contribution in [0.15, 0.2) is 35.7 Å². The van der Waals surface area contributed by atoms with E-state index in [1.807, 2.05) is 12.3 Å². The van der Waals surface area contributed by atoms with E-state index in [2.05, 4.69) is 6.07 Å². The molecule has 1 amide bonds. The molecule has 0 saturated carbocycles. The van der Waals surface area contributed by atoms with Crippen LogP contribution < -0.4 is 4.74 Å². The summed E-state index contributed by atoms with van der Waals surface area (Å²) in [5.74, 6) is 0.0383. The minimum Gasteiger partial charge on any atom is -0.494 e. The van der Waals surface area contributed by atoms with Crippen molar-refractivity contribution in [1.82, 2.24) is 4.90 Å². The average molecular weight is 359 g/mol. The Balaban J connectivity index is 1.58. The summed E-state index contributed by atoms with van der Waals surface area (Å²) in [4.78, 5) is 27.9. The van der Waals surface area contributed by atoms with Crippen molar-refractivity contribution in [2.75, 3.05) is 13.2 Å². The molecule has 0 saturated heterocycles. The van der Waals surface area contributed by atoms with Gasteiger partial charge in [-0.25, -0.2) is 4.79 Å². The zero-order valence-corrected chi connectivity index (χ0v) is 15.2. The predicted molar refractivity (Wildman–Crippen MR) is 95.9 cm³/mol. The number of rotatable bonds is 5. The molecule has 2 heterocycles. The van der Waals surface area contributed by atoms with Gasteiger partial charge >= 0.3 is 5.97 Å². The third-order valence-corrected chi connectivity index (χ3v) is 5.17. The van der Waals surface area contributed by atoms with Gasteiger partial charge in [0.05, 0.1) is 12.2 Å². The number of carbonyl (C=O) groups is 2. The highest BCUT2D eigenvalue weighted by Crippen LogP contribution is 2.24. The first-order chi connectivity index (χ1) is 12.1. The number of fused-ring (bicyclic) bond motifs is 1. The Morgan fingerprint density at radius 3 is 2.72 bits per heavy atom. The second kappa shape index (κ2) is 7.70. The molecule has 0 N–H and O–H groups in total. The number of amides is 1. The summed E-state index contributed by atoms with van der Waals surface area (Å²) in [6.07, 6.45) is 0.0532. The summed E-state index contributed by atoms with van der Waals surface area (Å²) in [6, 6.07) is 8.77. The van der Waals surface area contributed by atoms with Gasteiger partial charge in [-0.05, 0) is 61.5 Å². The van der Waals surface area contributed by atoms with Crippen molar-refractivity contribution < 1.29 is 19.1 Å². The predicted octanol–water partition coefficient (Wildman–Crippen LogP) is 3.28. The maximum absolute atomic E-state index is 12.6. The standard InChI is InChI=1S/C19H21NO4S/c1-3-23-16-6-4-14(5-7-16)19(22)24-13(2)18(21)20-10-8-17-15(12-20)9-11-25-17/h4-7,9,11,13H,3,8,10,12H2,1-2H3.